The fourth-order valence-electron chi connectivity index (χ4n) is 3.05. The van der Waals surface area contributed by atoms with Gasteiger partial charge < -0.3 is 0 Å². The maximum atomic E-state index is 12.4. The van der Waals surface area contributed by atoms with Gasteiger partial charge >= 0.3 is 0 Å². The van der Waals surface area contributed by atoms with Gasteiger partial charge in [-0.25, -0.2) is 0 Å². The summed E-state index contributed by atoms with van der Waals surface area (Å²) in [4.78, 5) is 27.8. The first kappa shape index (κ1) is 18.1. The smallest absolute Gasteiger partial charge is 0.265 e. The Bertz CT molecular complexity index is 531. The van der Waals surface area contributed by atoms with Crippen molar-refractivity contribution in [3.63, 3.8) is 0 Å². The fourth-order valence-corrected chi connectivity index (χ4v) is 3.86. The summed E-state index contributed by atoms with van der Waals surface area (Å²) in [7, 11) is 0. The molecule has 1 saturated heterocycles. The second kappa shape index (κ2) is 8.06. The number of alkyl halides is 1. The summed E-state index contributed by atoms with van der Waals surface area (Å²) in [6, 6.07) is 0. The molecule has 1 aliphatic heterocycles. The largest absolute Gasteiger partial charge is 0.285 e. The Kier molecular flexibility index (Phi) is 6.36. The van der Waals surface area contributed by atoms with Gasteiger partial charge in [-0.2, -0.15) is 0 Å². The van der Waals surface area contributed by atoms with Gasteiger partial charge in [-0.15, -0.1) is 11.6 Å². The highest BCUT2D eigenvalue weighted by molar-refractivity contribution is 7.80. The van der Waals surface area contributed by atoms with Crippen LogP contribution in [0, 0.1) is 5.92 Å². The highest BCUT2D eigenvalue weighted by Gasteiger charge is 2.37. The SMILES string of the molecule is CCN1C(=O)C(=C/C=C/C2CCCC(Cl)C2)C(=O)N(CC)C1=S. The van der Waals surface area contributed by atoms with Crippen LogP contribution in [0.4, 0.5) is 0 Å². The second-order valence-electron chi connectivity index (χ2n) is 5.87. The molecular formula is C17H23ClN2O2S. The zero-order chi connectivity index (χ0) is 17.0. The third-order valence-corrected chi connectivity index (χ3v) is 5.18. The first-order chi connectivity index (χ1) is 11.0. The van der Waals surface area contributed by atoms with Gasteiger partial charge in [0.05, 0.1) is 0 Å². The minimum atomic E-state index is -0.310. The number of carbonyl (C=O) groups is 2. The van der Waals surface area contributed by atoms with Crippen LogP contribution in [0.25, 0.3) is 0 Å². The number of nitrogens with zero attached hydrogens (tertiary/aromatic N) is 2. The molecule has 23 heavy (non-hydrogen) atoms. The highest BCUT2D eigenvalue weighted by atomic mass is 35.5. The molecule has 1 aliphatic carbocycles. The summed E-state index contributed by atoms with van der Waals surface area (Å²) in [6.45, 7) is 4.62. The van der Waals surface area contributed by atoms with Gasteiger partial charge in [0.1, 0.15) is 5.57 Å². The Morgan fingerprint density at radius 2 is 1.78 bits per heavy atom. The standard InChI is InChI=1S/C17H23ClN2O2S/c1-3-19-15(21)14(16(22)20(4-2)17(19)23)10-6-8-12-7-5-9-13(18)11-12/h6,8,10,12-13H,3-5,7,9,11H2,1-2H3/b8-6+. The number of amides is 2. The van der Waals surface area contributed by atoms with E-state index in [-0.39, 0.29) is 22.8 Å². The molecule has 0 spiro atoms. The molecule has 2 atom stereocenters. The Balaban J connectivity index is 2.16. The molecule has 4 nitrogen and oxygen atoms in total. The van der Waals surface area contributed by atoms with Crippen molar-refractivity contribution >= 4 is 40.7 Å². The van der Waals surface area contributed by atoms with E-state index in [1.165, 1.54) is 9.80 Å². The molecule has 2 unspecified atom stereocenters. The number of hydrogen-bond donors (Lipinski definition) is 0. The number of halogens is 1. The van der Waals surface area contributed by atoms with E-state index in [1.807, 2.05) is 19.9 Å². The Morgan fingerprint density at radius 3 is 2.30 bits per heavy atom. The average Bonchev–Trinajstić information content (AvgIpc) is 2.51. The molecule has 0 aromatic heterocycles. The molecule has 0 aromatic carbocycles. The molecule has 0 aromatic rings. The van der Waals surface area contributed by atoms with Gasteiger partial charge in [0.15, 0.2) is 5.11 Å². The lowest BCUT2D eigenvalue weighted by Gasteiger charge is -2.35. The van der Waals surface area contributed by atoms with E-state index in [0.29, 0.717) is 24.1 Å². The molecule has 6 heteroatoms. The van der Waals surface area contributed by atoms with E-state index in [1.54, 1.807) is 6.08 Å². The molecule has 2 rings (SSSR count). The minimum Gasteiger partial charge on any atom is -0.285 e. The second-order valence-corrected chi connectivity index (χ2v) is 6.85. The van der Waals surface area contributed by atoms with Crippen molar-refractivity contribution in [2.45, 2.75) is 44.9 Å². The van der Waals surface area contributed by atoms with Crippen molar-refractivity contribution in [3.05, 3.63) is 23.8 Å². The number of hydrogen-bond acceptors (Lipinski definition) is 3. The molecule has 0 N–H and O–H groups in total. The van der Waals surface area contributed by atoms with Crippen LogP contribution in [-0.4, -0.2) is 45.2 Å². The number of likely N-dealkylation sites (N-methyl/N-ethyl adjacent to an activating group) is 2. The molecular weight excluding hydrogens is 332 g/mol. The van der Waals surface area contributed by atoms with Crippen molar-refractivity contribution in [3.8, 4) is 0 Å². The molecule has 1 saturated carbocycles. The Hall–Kier alpha value is -1.20. The van der Waals surface area contributed by atoms with Crippen LogP contribution >= 0.6 is 23.8 Å². The van der Waals surface area contributed by atoms with Crippen LogP contribution in [0.15, 0.2) is 23.8 Å². The molecule has 126 valence electrons. The first-order valence-electron chi connectivity index (χ1n) is 8.19. The number of thiocarbonyl (C=S) groups is 1. The van der Waals surface area contributed by atoms with Crippen LogP contribution in [0.3, 0.4) is 0 Å². The third-order valence-electron chi connectivity index (χ3n) is 4.34. The van der Waals surface area contributed by atoms with Crippen LogP contribution in [0.2, 0.25) is 0 Å². The van der Waals surface area contributed by atoms with Gasteiger partial charge in [-0.05, 0) is 57.3 Å². The molecule has 2 aliphatic rings. The Labute approximate surface area is 148 Å². The molecule has 0 radical (unpaired) electrons. The van der Waals surface area contributed by atoms with Crippen LogP contribution in [0.5, 0.6) is 0 Å². The van der Waals surface area contributed by atoms with Crippen molar-refractivity contribution < 1.29 is 9.59 Å². The van der Waals surface area contributed by atoms with E-state index in [4.69, 9.17) is 23.8 Å². The third kappa shape index (κ3) is 4.01. The zero-order valence-electron chi connectivity index (χ0n) is 13.6. The normalized spacial score (nSPS) is 26.4. The topological polar surface area (TPSA) is 40.6 Å². The van der Waals surface area contributed by atoms with E-state index < -0.39 is 0 Å². The average molecular weight is 355 g/mol. The lowest BCUT2D eigenvalue weighted by Crippen LogP contribution is -2.55. The molecule has 2 amide bonds. The number of rotatable bonds is 4. The van der Waals surface area contributed by atoms with Gasteiger partial charge in [0, 0.05) is 18.5 Å². The van der Waals surface area contributed by atoms with E-state index >= 15 is 0 Å². The fraction of sp³-hybridized carbons (Fsp3) is 0.588. The minimum absolute atomic E-state index is 0.178. The van der Waals surface area contributed by atoms with Crippen LogP contribution < -0.4 is 0 Å². The molecule has 0 bridgehead atoms. The highest BCUT2D eigenvalue weighted by Crippen LogP contribution is 2.28. The van der Waals surface area contributed by atoms with Gasteiger partial charge in [-0.1, -0.05) is 18.6 Å². The predicted molar refractivity (Wildman–Crippen MR) is 96.2 cm³/mol. The number of allylic oxidation sites excluding steroid dienone is 3. The Morgan fingerprint density at radius 1 is 1.17 bits per heavy atom. The van der Waals surface area contributed by atoms with Crippen molar-refractivity contribution in [2.75, 3.05) is 13.1 Å². The lowest BCUT2D eigenvalue weighted by molar-refractivity contribution is -0.133. The summed E-state index contributed by atoms with van der Waals surface area (Å²) in [5.74, 6) is -0.200. The summed E-state index contributed by atoms with van der Waals surface area (Å²) in [6.07, 6.45) is 9.75. The van der Waals surface area contributed by atoms with E-state index in [0.717, 1.165) is 25.7 Å². The maximum Gasteiger partial charge on any atom is 0.265 e. The van der Waals surface area contributed by atoms with Crippen LogP contribution in [0.1, 0.15) is 39.5 Å². The summed E-state index contributed by atoms with van der Waals surface area (Å²) in [5, 5.41) is 0.524. The lowest BCUT2D eigenvalue weighted by atomic mass is 9.88. The molecule has 2 fully saturated rings. The number of carbonyl (C=O) groups excluding carboxylic acids is 2. The zero-order valence-corrected chi connectivity index (χ0v) is 15.2. The summed E-state index contributed by atoms with van der Waals surface area (Å²) < 4.78 is 0. The van der Waals surface area contributed by atoms with Gasteiger partial charge in [0.2, 0.25) is 0 Å². The van der Waals surface area contributed by atoms with Crippen molar-refractivity contribution in [2.24, 2.45) is 5.92 Å². The van der Waals surface area contributed by atoms with Gasteiger partial charge in [-0.3, -0.25) is 19.4 Å². The quantitative estimate of drug-likeness (QED) is 0.337. The van der Waals surface area contributed by atoms with E-state index in [9.17, 15) is 9.59 Å². The molecule has 1 heterocycles. The van der Waals surface area contributed by atoms with Gasteiger partial charge in [0.25, 0.3) is 11.8 Å². The first-order valence-corrected chi connectivity index (χ1v) is 9.04. The van der Waals surface area contributed by atoms with Crippen molar-refractivity contribution in [1.29, 1.82) is 0 Å². The van der Waals surface area contributed by atoms with Crippen molar-refractivity contribution in [1.82, 2.24) is 9.80 Å². The monoisotopic (exact) mass is 354 g/mol. The van der Waals surface area contributed by atoms with Crippen LogP contribution in [-0.2, 0) is 9.59 Å². The summed E-state index contributed by atoms with van der Waals surface area (Å²) >= 11 is 11.4. The maximum absolute atomic E-state index is 12.4. The predicted octanol–water partition coefficient (Wildman–Crippen LogP) is 3.26. The van der Waals surface area contributed by atoms with E-state index in [2.05, 4.69) is 6.08 Å². The summed E-state index contributed by atoms with van der Waals surface area (Å²) in [5.41, 5.74) is 0.178.